The third kappa shape index (κ3) is 4.12. The number of para-hydroxylation sites is 1. The Hall–Kier alpha value is -1.78. The number of benzene rings is 1. The summed E-state index contributed by atoms with van der Waals surface area (Å²) in [6.45, 7) is 2.76. The summed E-state index contributed by atoms with van der Waals surface area (Å²) in [5, 5.41) is 10.3. The van der Waals surface area contributed by atoms with E-state index in [0.717, 1.165) is 11.9 Å². The van der Waals surface area contributed by atoms with E-state index in [0.29, 0.717) is 5.58 Å². The third-order valence-corrected chi connectivity index (χ3v) is 2.05. The minimum atomic E-state index is -2.51. The molecular weight excluding hydrogens is 270 g/mol. The fourth-order valence-electron chi connectivity index (χ4n) is 1.24. The number of aryl methyl sites for hydroxylation is 1. The molecule has 2 aromatic rings. The molecule has 0 saturated heterocycles. The summed E-state index contributed by atoms with van der Waals surface area (Å²) in [6, 6.07) is 5.32. The first kappa shape index (κ1) is 15.3. The van der Waals surface area contributed by atoms with E-state index < -0.39 is 7.32 Å². The van der Waals surface area contributed by atoms with Gasteiger partial charge in [-0.25, -0.2) is 4.52 Å². The highest BCUT2D eigenvalue weighted by Gasteiger charge is 2.25. The van der Waals surface area contributed by atoms with E-state index in [1.165, 1.54) is 0 Å². The Balaban J connectivity index is 0.000000224. The van der Waals surface area contributed by atoms with Crippen molar-refractivity contribution in [3.05, 3.63) is 24.4 Å². The molecule has 0 fully saturated rings. The van der Waals surface area contributed by atoms with Crippen molar-refractivity contribution in [2.45, 2.75) is 13.5 Å². The monoisotopic (exact) mass is 280 g/mol. The van der Waals surface area contributed by atoms with E-state index in [1.54, 1.807) is 16.9 Å². The maximum absolute atomic E-state index is 10.4. The van der Waals surface area contributed by atoms with Gasteiger partial charge in [0.1, 0.15) is 0 Å². The van der Waals surface area contributed by atoms with E-state index in [-0.39, 0.29) is 5.75 Å². The van der Waals surface area contributed by atoms with Gasteiger partial charge < -0.3 is 5.11 Å². The van der Waals surface area contributed by atoms with Gasteiger partial charge in [-0.2, -0.15) is 14.6 Å². The number of rotatable bonds is 4. The molecule has 1 N–H and O–H groups in total. The van der Waals surface area contributed by atoms with Gasteiger partial charge in [0.25, 0.3) is 5.58 Å². The SMILES string of the molecule is CC[n+]1cc2cccc(O)c2o1.FOB(OF)OF. The molecule has 19 heavy (non-hydrogen) atoms. The Morgan fingerprint density at radius 1 is 1.26 bits per heavy atom. The minimum Gasteiger partial charge on any atom is -0.504 e. The number of phenolic OH excluding ortho intramolecular Hbond substituents is 1. The first-order chi connectivity index (χ1) is 9.15. The summed E-state index contributed by atoms with van der Waals surface area (Å²) in [6.07, 6.45) is 1.87. The van der Waals surface area contributed by atoms with Crippen LogP contribution in [0.15, 0.2) is 28.9 Å². The zero-order valence-corrected chi connectivity index (χ0v) is 9.76. The van der Waals surface area contributed by atoms with E-state index >= 15 is 0 Å². The van der Waals surface area contributed by atoms with Crippen LogP contribution in [0, 0.1) is 0 Å². The van der Waals surface area contributed by atoms with Gasteiger partial charge in [0.15, 0.2) is 12.3 Å². The van der Waals surface area contributed by atoms with Gasteiger partial charge in [-0.1, -0.05) is 19.6 Å². The van der Waals surface area contributed by atoms with Crippen molar-refractivity contribution in [2.24, 2.45) is 0 Å². The van der Waals surface area contributed by atoms with Crippen LogP contribution in [-0.2, 0) is 21.1 Å². The lowest BCUT2D eigenvalue weighted by Gasteiger charge is -1.88. The largest absolute Gasteiger partial charge is 0.737 e. The highest BCUT2D eigenvalue weighted by Crippen LogP contribution is 2.22. The van der Waals surface area contributed by atoms with Crippen LogP contribution in [0.1, 0.15) is 6.92 Å². The van der Waals surface area contributed by atoms with Crippen molar-refractivity contribution in [3.63, 3.8) is 0 Å². The summed E-state index contributed by atoms with van der Waals surface area (Å²) in [7, 11) is -2.51. The van der Waals surface area contributed by atoms with Crippen LogP contribution in [-0.4, -0.2) is 12.4 Å². The second-order valence-electron chi connectivity index (χ2n) is 3.21. The van der Waals surface area contributed by atoms with Crippen LogP contribution < -0.4 is 4.74 Å². The number of hydrogen-bond acceptors (Lipinski definition) is 5. The predicted octanol–water partition coefficient (Wildman–Crippen LogP) is 2.12. The van der Waals surface area contributed by atoms with E-state index in [1.807, 2.05) is 19.2 Å². The zero-order valence-electron chi connectivity index (χ0n) is 9.76. The molecule has 0 amide bonds. The van der Waals surface area contributed by atoms with Crippen molar-refractivity contribution >= 4 is 18.3 Å². The molecular formula is C9H10BF3NO5+. The van der Waals surface area contributed by atoms with Crippen LogP contribution in [0.25, 0.3) is 11.0 Å². The zero-order chi connectivity index (χ0) is 14.3. The van der Waals surface area contributed by atoms with Gasteiger partial charge in [-0.3, -0.25) is 0 Å². The Morgan fingerprint density at radius 2 is 1.89 bits per heavy atom. The Bertz CT molecular complexity index is 502. The molecule has 6 nitrogen and oxygen atoms in total. The molecule has 0 aliphatic carbocycles. The Morgan fingerprint density at radius 3 is 2.32 bits per heavy atom. The fourth-order valence-corrected chi connectivity index (χ4v) is 1.24. The molecule has 0 radical (unpaired) electrons. The maximum atomic E-state index is 10.4. The molecule has 0 aliphatic rings. The van der Waals surface area contributed by atoms with Gasteiger partial charge in [0.2, 0.25) is 6.20 Å². The van der Waals surface area contributed by atoms with Crippen LogP contribution in [0.5, 0.6) is 5.75 Å². The van der Waals surface area contributed by atoms with Crippen molar-refractivity contribution in [3.8, 4) is 5.75 Å². The highest BCUT2D eigenvalue weighted by molar-refractivity contribution is 6.35. The first-order valence-electron chi connectivity index (χ1n) is 5.09. The molecule has 104 valence electrons. The van der Waals surface area contributed by atoms with Gasteiger partial charge in [-0.05, 0) is 23.8 Å². The standard InChI is InChI=1S/C9H9NO2.BF3O3/c1-2-10-6-7-4-3-5-8(11)9(7)12-10;2-5-1(6-3)7-4/h3-6H,2H2,1H3;/p+1. The number of fused-ring (bicyclic) bond motifs is 1. The molecule has 0 bridgehead atoms. The molecule has 1 aromatic carbocycles. The van der Waals surface area contributed by atoms with Crippen LogP contribution in [0.3, 0.4) is 0 Å². The smallest absolute Gasteiger partial charge is 0.504 e. The number of halogens is 3. The summed E-state index contributed by atoms with van der Waals surface area (Å²) in [5.74, 6) is 0.194. The van der Waals surface area contributed by atoms with Gasteiger partial charge >= 0.3 is 7.32 Å². The van der Waals surface area contributed by atoms with Crippen molar-refractivity contribution in [1.82, 2.24) is 0 Å². The van der Waals surface area contributed by atoms with Crippen molar-refractivity contribution in [2.75, 3.05) is 0 Å². The highest BCUT2D eigenvalue weighted by atomic mass is 19.3. The number of hydrogen-bond donors (Lipinski definition) is 1. The molecule has 2 rings (SSSR count). The Labute approximate surface area is 105 Å². The number of phenols is 1. The summed E-state index contributed by atoms with van der Waals surface area (Å²) in [4.78, 5) is 7.06. The lowest BCUT2D eigenvalue weighted by Crippen LogP contribution is -2.27. The topological polar surface area (TPSA) is 64.9 Å². The molecule has 1 heterocycles. The molecule has 0 saturated carbocycles. The predicted molar refractivity (Wildman–Crippen MR) is 56.1 cm³/mol. The molecule has 0 aliphatic heterocycles. The molecule has 0 spiro atoms. The van der Waals surface area contributed by atoms with Crippen LogP contribution in [0.2, 0.25) is 0 Å². The molecule has 0 atom stereocenters. The lowest BCUT2D eigenvalue weighted by molar-refractivity contribution is -0.857. The van der Waals surface area contributed by atoms with E-state index in [9.17, 15) is 18.7 Å². The summed E-state index contributed by atoms with van der Waals surface area (Å²) < 4.78 is 38.3. The molecule has 0 unspecified atom stereocenters. The maximum Gasteiger partial charge on any atom is 0.737 e. The molecule has 10 heteroatoms. The first-order valence-corrected chi connectivity index (χ1v) is 5.09. The van der Waals surface area contributed by atoms with E-state index in [2.05, 4.69) is 14.6 Å². The number of aromatic hydroxyl groups is 1. The second-order valence-corrected chi connectivity index (χ2v) is 3.21. The average Bonchev–Trinajstić information content (AvgIpc) is 2.86. The Kier molecular flexibility index (Phi) is 6.12. The fraction of sp³-hybridized carbons (Fsp3) is 0.222. The quantitative estimate of drug-likeness (QED) is 0.686. The van der Waals surface area contributed by atoms with Gasteiger partial charge in [0, 0.05) is 0 Å². The molecule has 1 aromatic heterocycles. The third-order valence-electron chi connectivity index (χ3n) is 2.05. The normalized spacial score (nSPS) is 10.1. The van der Waals surface area contributed by atoms with Crippen molar-refractivity contribution < 1.29 is 42.5 Å². The lowest BCUT2D eigenvalue weighted by atomic mass is 10.2. The number of aromatic nitrogens is 1. The van der Waals surface area contributed by atoms with E-state index in [4.69, 9.17) is 4.52 Å². The second kappa shape index (κ2) is 7.61. The summed E-state index contributed by atoms with van der Waals surface area (Å²) in [5.41, 5.74) is 0.555. The van der Waals surface area contributed by atoms with Gasteiger partial charge in [-0.15, -0.1) is 0 Å². The van der Waals surface area contributed by atoms with Crippen molar-refractivity contribution in [1.29, 1.82) is 0 Å². The summed E-state index contributed by atoms with van der Waals surface area (Å²) >= 11 is 0. The average molecular weight is 280 g/mol. The van der Waals surface area contributed by atoms with Crippen LogP contribution in [0.4, 0.5) is 13.6 Å². The number of nitrogens with zero attached hydrogens (tertiary/aromatic N) is 1. The van der Waals surface area contributed by atoms with Gasteiger partial charge in [0.05, 0.1) is 5.39 Å². The minimum absolute atomic E-state index is 0.194. The van der Waals surface area contributed by atoms with Crippen LogP contribution >= 0.6 is 0 Å².